The van der Waals surface area contributed by atoms with Crippen LogP contribution in [-0.2, 0) is 6.42 Å². The van der Waals surface area contributed by atoms with E-state index in [4.69, 9.17) is 0 Å². The van der Waals surface area contributed by atoms with Gasteiger partial charge in [0.05, 0.1) is 0 Å². The minimum absolute atomic E-state index is 0.631. The van der Waals surface area contributed by atoms with E-state index in [1.54, 1.807) is 6.33 Å². The van der Waals surface area contributed by atoms with E-state index < -0.39 is 0 Å². The van der Waals surface area contributed by atoms with Crippen LogP contribution in [0.2, 0.25) is 0 Å². The van der Waals surface area contributed by atoms with E-state index in [1.165, 1.54) is 5.56 Å². The van der Waals surface area contributed by atoms with Crippen LogP contribution < -0.4 is 10.2 Å². The molecule has 0 spiro atoms. The smallest absolute Gasteiger partial charge is 0.137 e. The van der Waals surface area contributed by atoms with Crippen molar-refractivity contribution in [2.24, 2.45) is 5.92 Å². The summed E-state index contributed by atoms with van der Waals surface area (Å²) < 4.78 is 0. The Hall–Kier alpha value is -1.32. The van der Waals surface area contributed by atoms with E-state index in [2.05, 4.69) is 54.8 Å². The summed E-state index contributed by atoms with van der Waals surface area (Å²) in [5.74, 6) is 2.72. The van der Waals surface area contributed by atoms with Gasteiger partial charge in [-0.15, -0.1) is 0 Å². The molecule has 1 aromatic heterocycles. The zero-order valence-corrected chi connectivity index (χ0v) is 13.0. The normalized spacial score (nSPS) is 10.8. The van der Waals surface area contributed by atoms with Gasteiger partial charge in [-0.3, -0.25) is 0 Å². The second-order valence-electron chi connectivity index (χ2n) is 5.24. The molecule has 0 bridgehead atoms. The maximum Gasteiger partial charge on any atom is 0.137 e. The predicted molar refractivity (Wildman–Crippen MR) is 82.9 cm³/mol. The van der Waals surface area contributed by atoms with E-state index >= 15 is 0 Å². The van der Waals surface area contributed by atoms with Gasteiger partial charge in [0.25, 0.3) is 0 Å². The van der Waals surface area contributed by atoms with Gasteiger partial charge in [0.1, 0.15) is 18.0 Å². The van der Waals surface area contributed by atoms with Crippen molar-refractivity contribution in [2.75, 3.05) is 29.9 Å². The lowest BCUT2D eigenvalue weighted by Crippen LogP contribution is -2.29. The van der Waals surface area contributed by atoms with Gasteiger partial charge in [0, 0.05) is 25.2 Å². The molecule has 0 saturated carbocycles. The van der Waals surface area contributed by atoms with Gasteiger partial charge < -0.3 is 10.2 Å². The fourth-order valence-electron chi connectivity index (χ4n) is 2.20. The number of nitrogens with zero attached hydrogens (tertiary/aromatic N) is 3. The van der Waals surface area contributed by atoms with Gasteiger partial charge in [0.2, 0.25) is 0 Å². The molecule has 0 saturated heterocycles. The van der Waals surface area contributed by atoms with Gasteiger partial charge in [-0.25, -0.2) is 9.97 Å². The molecule has 0 amide bonds. The summed E-state index contributed by atoms with van der Waals surface area (Å²) in [6.45, 7) is 14.0. The van der Waals surface area contributed by atoms with Crippen molar-refractivity contribution in [3.63, 3.8) is 0 Å². The van der Waals surface area contributed by atoms with Crippen LogP contribution in [0.25, 0.3) is 0 Å². The zero-order valence-electron chi connectivity index (χ0n) is 13.0. The van der Waals surface area contributed by atoms with Crippen molar-refractivity contribution < 1.29 is 0 Å². The SMILES string of the molecule is CCCNc1ncnc(N(CC)CC(C)C)c1CC. The molecule has 1 heterocycles. The minimum Gasteiger partial charge on any atom is -0.370 e. The molecule has 0 atom stereocenters. The third-order valence-electron chi connectivity index (χ3n) is 3.09. The van der Waals surface area contributed by atoms with E-state index in [-0.39, 0.29) is 0 Å². The van der Waals surface area contributed by atoms with Crippen LogP contribution in [0.1, 0.15) is 46.6 Å². The Kier molecular flexibility index (Phi) is 6.60. The van der Waals surface area contributed by atoms with Gasteiger partial charge in [-0.1, -0.05) is 27.7 Å². The Labute approximate surface area is 117 Å². The van der Waals surface area contributed by atoms with Crippen LogP contribution in [0, 0.1) is 5.92 Å². The van der Waals surface area contributed by atoms with Crippen LogP contribution >= 0.6 is 0 Å². The van der Waals surface area contributed by atoms with Crippen LogP contribution in [-0.4, -0.2) is 29.6 Å². The second kappa shape index (κ2) is 7.97. The first kappa shape index (κ1) is 15.7. The molecule has 0 fully saturated rings. The summed E-state index contributed by atoms with van der Waals surface area (Å²) in [6.07, 6.45) is 3.73. The standard InChI is InChI=1S/C15H28N4/c1-6-9-16-14-13(7-2)15(18-11-17-14)19(8-3)10-12(4)5/h11-12H,6-10H2,1-5H3,(H,16,17,18). The molecular weight excluding hydrogens is 236 g/mol. The summed E-state index contributed by atoms with van der Waals surface area (Å²) in [7, 11) is 0. The number of nitrogens with one attached hydrogen (secondary N) is 1. The number of aromatic nitrogens is 2. The molecule has 0 unspecified atom stereocenters. The Balaban J connectivity index is 3.03. The van der Waals surface area contributed by atoms with Gasteiger partial charge in [-0.05, 0) is 25.7 Å². The monoisotopic (exact) mass is 264 g/mol. The van der Waals surface area contributed by atoms with Crippen molar-refractivity contribution >= 4 is 11.6 Å². The van der Waals surface area contributed by atoms with E-state index in [9.17, 15) is 0 Å². The van der Waals surface area contributed by atoms with E-state index in [1.807, 2.05) is 0 Å². The maximum absolute atomic E-state index is 4.52. The lowest BCUT2D eigenvalue weighted by Gasteiger charge is -2.26. The first-order valence-electron chi connectivity index (χ1n) is 7.46. The molecule has 4 heteroatoms. The third-order valence-corrected chi connectivity index (χ3v) is 3.09. The summed E-state index contributed by atoms with van der Waals surface area (Å²) in [5, 5.41) is 3.41. The largest absolute Gasteiger partial charge is 0.370 e. The molecule has 19 heavy (non-hydrogen) atoms. The number of hydrogen-bond acceptors (Lipinski definition) is 4. The molecule has 0 radical (unpaired) electrons. The minimum atomic E-state index is 0.631. The first-order chi connectivity index (χ1) is 9.13. The molecular formula is C15H28N4. The number of hydrogen-bond donors (Lipinski definition) is 1. The topological polar surface area (TPSA) is 41.1 Å². The van der Waals surface area contributed by atoms with Gasteiger partial charge in [0.15, 0.2) is 0 Å². The molecule has 0 aromatic carbocycles. The molecule has 1 aromatic rings. The molecule has 4 nitrogen and oxygen atoms in total. The fourth-order valence-corrected chi connectivity index (χ4v) is 2.20. The second-order valence-corrected chi connectivity index (χ2v) is 5.24. The highest BCUT2D eigenvalue weighted by Gasteiger charge is 2.15. The van der Waals surface area contributed by atoms with Crippen LogP contribution in [0.3, 0.4) is 0 Å². The molecule has 0 aliphatic rings. The molecule has 1 N–H and O–H groups in total. The zero-order chi connectivity index (χ0) is 14.3. The fraction of sp³-hybridized carbons (Fsp3) is 0.733. The average molecular weight is 264 g/mol. The lowest BCUT2D eigenvalue weighted by molar-refractivity contribution is 0.612. The van der Waals surface area contributed by atoms with E-state index in [0.29, 0.717) is 5.92 Å². The highest BCUT2D eigenvalue weighted by atomic mass is 15.2. The summed E-state index contributed by atoms with van der Waals surface area (Å²) in [4.78, 5) is 11.3. The van der Waals surface area contributed by atoms with E-state index in [0.717, 1.165) is 44.1 Å². The third kappa shape index (κ3) is 4.37. The Morgan fingerprint density at radius 3 is 2.47 bits per heavy atom. The van der Waals surface area contributed by atoms with Gasteiger partial charge >= 0.3 is 0 Å². The van der Waals surface area contributed by atoms with Crippen molar-refractivity contribution in [1.29, 1.82) is 0 Å². The Morgan fingerprint density at radius 2 is 1.95 bits per heavy atom. The first-order valence-corrected chi connectivity index (χ1v) is 7.46. The quantitative estimate of drug-likeness (QED) is 0.782. The molecule has 108 valence electrons. The number of anilines is 2. The average Bonchev–Trinajstić information content (AvgIpc) is 2.41. The Bertz CT molecular complexity index is 376. The van der Waals surface area contributed by atoms with Crippen molar-refractivity contribution in [3.05, 3.63) is 11.9 Å². The van der Waals surface area contributed by atoms with Crippen LogP contribution in [0.5, 0.6) is 0 Å². The molecule has 0 aliphatic carbocycles. The Morgan fingerprint density at radius 1 is 1.21 bits per heavy atom. The van der Waals surface area contributed by atoms with Crippen LogP contribution in [0.15, 0.2) is 6.33 Å². The van der Waals surface area contributed by atoms with Crippen molar-refractivity contribution in [1.82, 2.24) is 9.97 Å². The summed E-state index contributed by atoms with van der Waals surface area (Å²) in [5.41, 5.74) is 1.23. The molecule has 0 aliphatic heterocycles. The van der Waals surface area contributed by atoms with Gasteiger partial charge in [-0.2, -0.15) is 0 Å². The van der Waals surface area contributed by atoms with Crippen molar-refractivity contribution in [2.45, 2.75) is 47.5 Å². The number of rotatable bonds is 8. The summed E-state index contributed by atoms with van der Waals surface area (Å²) >= 11 is 0. The highest BCUT2D eigenvalue weighted by molar-refractivity contribution is 5.58. The lowest BCUT2D eigenvalue weighted by atomic mass is 10.1. The summed E-state index contributed by atoms with van der Waals surface area (Å²) in [6, 6.07) is 0. The maximum atomic E-state index is 4.52. The highest BCUT2D eigenvalue weighted by Crippen LogP contribution is 2.24. The van der Waals surface area contributed by atoms with Crippen LogP contribution in [0.4, 0.5) is 11.6 Å². The van der Waals surface area contributed by atoms with Crippen molar-refractivity contribution in [3.8, 4) is 0 Å². The predicted octanol–water partition coefficient (Wildman–Crippen LogP) is 3.34. The molecule has 1 rings (SSSR count).